The van der Waals surface area contributed by atoms with Crippen molar-refractivity contribution in [2.75, 3.05) is 0 Å². The fourth-order valence-electron chi connectivity index (χ4n) is 4.27. The minimum atomic E-state index is -1.09. The van der Waals surface area contributed by atoms with Crippen molar-refractivity contribution in [3.05, 3.63) is 59.7 Å². The Bertz CT molecular complexity index is 669. The first-order chi connectivity index (χ1) is 15.7. The Balaban J connectivity index is 1.69. The SMILES string of the molecule is CCCCCCCCCc1ccc(S(=O)c2ccc(CCCCCCCCC)cc2)cc1. The Hall–Kier alpha value is -1.41. The third-order valence-electron chi connectivity index (χ3n) is 6.41. The van der Waals surface area contributed by atoms with Gasteiger partial charge in [-0.2, -0.15) is 0 Å². The van der Waals surface area contributed by atoms with Gasteiger partial charge in [-0.25, -0.2) is 4.21 Å². The van der Waals surface area contributed by atoms with Crippen LogP contribution in [0.3, 0.4) is 0 Å². The lowest BCUT2D eigenvalue weighted by Crippen LogP contribution is -1.95. The molecule has 0 spiro atoms. The van der Waals surface area contributed by atoms with Gasteiger partial charge in [0.25, 0.3) is 0 Å². The molecule has 0 atom stereocenters. The molecule has 32 heavy (non-hydrogen) atoms. The van der Waals surface area contributed by atoms with Crippen LogP contribution in [0.2, 0.25) is 0 Å². The molecule has 0 radical (unpaired) electrons. The van der Waals surface area contributed by atoms with Crippen molar-refractivity contribution in [2.24, 2.45) is 0 Å². The van der Waals surface area contributed by atoms with Crippen molar-refractivity contribution in [3.8, 4) is 0 Å². The summed E-state index contributed by atoms with van der Waals surface area (Å²) in [5, 5.41) is 0. The molecule has 0 saturated heterocycles. The van der Waals surface area contributed by atoms with Crippen LogP contribution in [-0.4, -0.2) is 4.21 Å². The van der Waals surface area contributed by atoms with Crippen molar-refractivity contribution < 1.29 is 4.21 Å². The van der Waals surface area contributed by atoms with E-state index in [1.165, 1.54) is 101 Å². The van der Waals surface area contributed by atoms with Gasteiger partial charge >= 0.3 is 0 Å². The lowest BCUT2D eigenvalue weighted by molar-refractivity contribution is 0.589. The summed E-state index contributed by atoms with van der Waals surface area (Å²) in [5.41, 5.74) is 2.73. The summed E-state index contributed by atoms with van der Waals surface area (Å²) in [6, 6.07) is 16.9. The molecule has 0 fully saturated rings. The van der Waals surface area contributed by atoms with E-state index in [4.69, 9.17) is 0 Å². The van der Waals surface area contributed by atoms with Crippen molar-refractivity contribution in [1.82, 2.24) is 0 Å². The standard InChI is InChI=1S/C30H46OS/c1-3-5-7-9-11-13-15-17-27-19-23-29(24-20-27)32(31)30-25-21-28(22-26-30)18-16-14-12-10-8-6-4-2/h19-26H,3-18H2,1-2H3. The first kappa shape index (κ1) is 26.8. The summed E-state index contributed by atoms with van der Waals surface area (Å²) in [4.78, 5) is 1.82. The molecule has 0 bridgehead atoms. The number of hydrogen-bond acceptors (Lipinski definition) is 1. The molecule has 0 aliphatic heterocycles. The second kappa shape index (κ2) is 17.1. The van der Waals surface area contributed by atoms with Gasteiger partial charge in [0, 0.05) is 9.79 Å². The highest BCUT2D eigenvalue weighted by Crippen LogP contribution is 2.20. The number of benzene rings is 2. The third-order valence-corrected chi connectivity index (χ3v) is 7.81. The molecular formula is C30H46OS. The Labute approximate surface area is 200 Å². The van der Waals surface area contributed by atoms with Crippen LogP contribution in [0, 0.1) is 0 Å². The van der Waals surface area contributed by atoms with Crippen LogP contribution in [0.15, 0.2) is 58.3 Å². The molecule has 0 unspecified atom stereocenters. The molecule has 0 aromatic heterocycles. The lowest BCUT2D eigenvalue weighted by atomic mass is 10.0. The molecule has 0 N–H and O–H groups in total. The lowest BCUT2D eigenvalue weighted by Gasteiger charge is -2.07. The summed E-state index contributed by atoms with van der Waals surface area (Å²) in [6.07, 6.45) is 21.1. The number of aryl methyl sites for hydroxylation is 2. The Morgan fingerprint density at radius 3 is 1.12 bits per heavy atom. The van der Waals surface area contributed by atoms with Gasteiger partial charge in [0.05, 0.1) is 10.8 Å². The van der Waals surface area contributed by atoms with Crippen LogP contribution in [-0.2, 0) is 23.6 Å². The molecule has 0 aliphatic carbocycles. The Kier molecular flexibility index (Phi) is 14.4. The largest absolute Gasteiger partial charge is 0.249 e. The average Bonchev–Trinajstić information content (AvgIpc) is 2.83. The second-order valence-corrected chi connectivity index (χ2v) is 10.8. The van der Waals surface area contributed by atoms with Crippen LogP contribution in [0.1, 0.15) is 115 Å². The summed E-state index contributed by atoms with van der Waals surface area (Å²) in [5.74, 6) is 0. The smallest absolute Gasteiger partial charge is 0.0849 e. The monoisotopic (exact) mass is 454 g/mol. The van der Waals surface area contributed by atoms with Crippen LogP contribution in [0.4, 0.5) is 0 Å². The van der Waals surface area contributed by atoms with Crippen molar-refractivity contribution in [1.29, 1.82) is 0 Å². The molecule has 2 heteroatoms. The zero-order valence-electron chi connectivity index (χ0n) is 20.7. The summed E-state index contributed by atoms with van der Waals surface area (Å²) in [6.45, 7) is 4.54. The van der Waals surface area contributed by atoms with Crippen molar-refractivity contribution in [2.45, 2.75) is 126 Å². The van der Waals surface area contributed by atoms with Crippen LogP contribution in [0.5, 0.6) is 0 Å². The zero-order valence-corrected chi connectivity index (χ0v) is 21.6. The number of unbranched alkanes of at least 4 members (excludes halogenated alkanes) is 12. The van der Waals surface area contributed by atoms with E-state index < -0.39 is 10.8 Å². The number of hydrogen-bond donors (Lipinski definition) is 0. The average molecular weight is 455 g/mol. The highest BCUT2D eigenvalue weighted by atomic mass is 32.2. The van der Waals surface area contributed by atoms with Crippen molar-refractivity contribution in [3.63, 3.8) is 0 Å². The van der Waals surface area contributed by atoms with E-state index in [1.807, 2.05) is 0 Å². The first-order valence-electron chi connectivity index (χ1n) is 13.3. The molecule has 2 rings (SSSR count). The molecule has 178 valence electrons. The highest BCUT2D eigenvalue weighted by Gasteiger charge is 2.07. The van der Waals surface area contributed by atoms with Crippen molar-refractivity contribution >= 4 is 10.8 Å². The van der Waals surface area contributed by atoms with E-state index in [1.54, 1.807) is 0 Å². The Morgan fingerprint density at radius 2 is 0.781 bits per heavy atom. The zero-order chi connectivity index (χ0) is 22.9. The second-order valence-electron chi connectivity index (χ2n) is 9.30. The maximum atomic E-state index is 13.0. The van der Waals surface area contributed by atoms with Gasteiger partial charge in [-0.05, 0) is 61.1 Å². The normalized spacial score (nSPS) is 11.3. The van der Waals surface area contributed by atoms with Gasteiger partial charge < -0.3 is 0 Å². The minimum absolute atomic E-state index is 0.910. The molecule has 0 heterocycles. The van der Waals surface area contributed by atoms with E-state index in [0.29, 0.717) is 0 Å². The predicted octanol–water partition coefficient (Wildman–Crippen LogP) is 9.44. The van der Waals surface area contributed by atoms with E-state index in [-0.39, 0.29) is 0 Å². The molecule has 2 aromatic carbocycles. The summed E-state index contributed by atoms with van der Waals surface area (Å²) >= 11 is 0. The Morgan fingerprint density at radius 1 is 0.469 bits per heavy atom. The predicted molar refractivity (Wildman–Crippen MR) is 141 cm³/mol. The van der Waals surface area contributed by atoms with Gasteiger partial charge in [0.1, 0.15) is 0 Å². The van der Waals surface area contributed by atoms with E-state index >= 15 is 0 Å². The minimum Gasteiger partial charge on any atom is -0.249 e. The summed E-state index contributed by atoms with van der Waals surface area (Å²) < 4.78 is 13.0. The van der Waals surface area contributed by atoms with E-state index in [0.717, 1.165) is 22.6 Å². The van der Waals surface area contributed by atoms with Crippen LogP contribution >= 0.6 is 0 Å². The van der Waals surface area contributed by atoms with Crippen LogP contribution in [0.25, 0.3) is 0 Å². The van der Waals surface area contributed by atoms with Gasteiger partial charge in [-0.15, -0.1) is 0 Å². The maximum absolute atomic E-state index is 13.0. The van der Waals surface area contributed by atoms with Gasteiger partial charge in [0.15, 0.2) is 0 Å². The maximum Gasteiger partial charge on any atom is 0.0849 e. The van der Waals surface area contributed by atoms with Gasteiger partial charge in [-0.3, -0.25) is 0 Å². The highest BCUT2D eigenvalue weighted by molar-refractivity contribution is 7.85. The quantitative estimate of drug-likeness (QED) is 0.205. The molecular weight excluding hydrogens is 408 g/mol. The van der Waals surface area contributed by atoms with E-state index in [2.05, 4.69) is 62.4 Å². The fraction of sp³-hybridized carbons (Fsp3) is 0.600. The topological polar surface area (TPSA) is 17.1 Å². The third kappa shape index (κ3) is 10.9. The molecule has 0 aliphatic rings. The van der Waals surface area contributed by atoms with Gasteiger partial charge in [-0.1, -0.05) is 115 Å². The molecule has 0 amide bonds. The molecule has 1 nitrogen and oxygen atoms in total. The summed E-state index contributed by atoms with van der Waals surface area (Å²) in [7, 11) is -1.09. The molecule has 0 saturated carbocycles. The molecule has 2 aromatic rings. The first-order valence-corrected chi connectivity index (χ1v) is 14.5. The van der Waals surface area contributed by atoms with E-state index in [9.17, 15) is 4.21 Å². The van der Waals surface area contributed by atoms with Crippen LogP contribution < -0.4 is 0 Å². The van der Waals surface area contributed by atoms with Gasteiger partial charge in [0.2, 0.25) is 0 Å². The number of rotatable bonds is 18. The fourth-order valence-corrected chi connectivity index (χ4v) is 5.31.